The van der Waals surface area contributed by atoms with E-state index in [1.165, 1.54) is 6.54 Å². The molecule has 0 aromatic heterocycles. The zero-order valence-corrected chi connectivity index (χ0v) is 4.59. The standard InChI is InChI=1S/C6H8N2/c1-2-6-7-3-5-4-8(5)6/h1,5-7H,3-4H2/t5-,6+,8?/m1/s1. The maximum atomic E-state index is 5.20. The Balaban J connectivity index is 2.09. The van der Waals surface area contributed by atoms with Crippen molar-refractivity contribution in [1.29, 1.82) is 0 Å². The molecule has 2 aliphatic rings. The molecule has 0 spiro atoms. The summed E-state index contributed by atoms with van der Waals surface area (Å²) >= 11 is 0. The minimum Gasteiger partial charge on any atom is -0.290 e. The van der Waals surface area contributed by atoms with E-state index in [4.69, 9.17) is 6.42 Å². The average Bonchev–Trinajstić information content (AvgIpc) is 2.46. The number of nitrogens with one attached hydrogen (secondary N) is 1. The van der Waals surface area contributed by atoms with Gasteiger partial charge in [-0.3, -0.25) is 10.2 Å². The molecule has 2 rings (SSSR count). The second-order valence-electron chi connectivity index (χ2n) is 2.33. The van der Waals surface area contributed by atoms with Crippen LogP contribution in [0.5, 0.6) is 0 Å². The largest absolute Gasteiger partial charge is 0.290 e. The Morgan fingerprint density at radius 1 is 1.75 bits per heavy atom. The molecule has 0 aliphatic carbocycles. The van der Waals surface area contributed by atoms with Crippen molar-refractivity contribution in [3.05, 3.63) is 0 Å². The molecule has 8 heavy (non-hydrogen) atoms. The molecule has 0 aromatic carbocycles. The fourth-order valence-corrected chi connectivity index (χ4v) is 1.21. The fourth-order valence-electron chi connectivity index (χ4n) is 1.21. The van der Waals surface area contributed by atoms with Crippen molar-refractivity contribution < 1.29 is 0 Å². The Kier molecular flexibility index (Phi) is 0.682. The summed E-state index contributed by atoms with van der Waals surface area (Å²) in [5, 5.41) is 3.20. The van der Waals surface area contributed by atoms with Crippen LogP contribution in [-0.4, -0.2) is 30.2 Å². The molecule has 2 nitrogen and oxygen atoms in total. The van der Waals surface area contributed by atoms with E-state index in [1.54, 1.807) is 0 Å². The van der Waals surface area contributed by atoms with E-state index >= 15 is 0 Å². The second kappa shape index (κ2) is 1.25. The van der Waals surface area contributed by atoms with Gasteiger partial charge in [0.05, 0.1) is 0 Å². The van der Waals surface area contributed by atoms with Crippen molar-refractivity contribution in [1.82, 2.24) is 10.2 Å². The van der Waals surface area contributed by atoms with E-state index in [-0.39, 0.29) is 6.17 Å². The highest BCUT2D eigenvalue weighted by Gasteiger charge is 2.44. The maximum Gasteiger partial charge on any atom is 0.124 e. The number of rotatable bonds is 0. The minimum absolute atomic E-state index is 0.250. The van der Waals surface area contributed by atoms with Gasteiger partial charge in [-0.2, -0.15) is 0 Å². The number of hydrogen-bond donors (Lipinski definition) is 1. The first-order valence-corrected chi connectivity index (χ1v) is 2.87. The van der Waals surface area contributed by atoms with Gasteiger partial charge in [0.1, 0.15) is 6.17 Å². The molecule has 2 saturated heterocycles. The Morgan fingerprint density at radius 3 is 2.88 bits per heavy atom. The summed E-state index contributed by atoms with van der Waals surface area (Å²) in [6.07, 6.45) is 5.45. The van der Waals surface area contributed by atoms with Crippen LogP contribution in [0.4, 0.5) is 0 Å². The van der Waals surface area contributed by atoms with Gasteiger partial charge in [0.2, 0.25) is 0 Å². The molecule has 0 saturated carbocycles. The molecule has 42 valence electrons. The summed E-state index contributed by atoms with van der Waals surface area (Å²) in [5.74, 6) is 2.67. The molecule has 0 aromatic rings. The van der Waals surface area contributed by atoms with Crippen LogP contribution in [-0.2, 0) is 0 Å². The van der Waals surface area contributed by atoms with E-state index in [9.17, 15) is 0 Å². The highest BCUT2D eigenvalue weighted by atomic mass is 15.5. The number of terminal acetylenes is 1. The normalized spacial score (nSPS) is 50.1. The van der Waals surface area contributed by atoms with Crippen molar-refractivity contribution in [2.75, 3.05) is 13.1 Å². The maximum absolute atomic E-state index is 5.20. The Labute approximate surface area is 48.9 Å². The molecule has 2 heterocycles. The van der Waals surface area contributed by atoms with Crippen molar-refractivity contribution >= 4 is 0 Å². The van der Waals surface area contributed by atoms with E-state index in [1.807, 2.05) is 0 Å². The van der Waals surface area contributed by atoms with Crippen LogP contribution >= 0.6 is 0 Å². The van der Waals surface area contributed by atoms with Gasteiger partial charge in [0.15, 0.2) is 0 Å². The SMILES string of the molecule is C#C[C@H]1NC[C@@H]2CN21. The van der Waals surface area contributed by atoms with E-state index < -0.39 is 0 Å². The first kappa shape index (κ1) is 4.37. The van der Waals surface area contributed by atoms with Crippen LogP contribution in [0.25, 0.3) is 0 Å². The predicted octanol–water partition coefficient (Wildman–Crippen LogP) is -0.767. The van der Waals surface area contributed by atoms with Crippen LogP contribution in [0.15, 0.2) is 0 Å². The molecule has 2 fully saturated rings. The zero-order valence-electron chi connectivity index (χ0n) is 4.59. The Hall–Kier alpha value is -0.520. The molecule has 1 N–H and O–H groups in total. The molecule has 3 atom stereocenters. The van der Waals surface area contributed by atoms with Crippen LogP contribution in [0, 0.1) is 12.3 Å². The lowest BCUT2D eigenvalue weighted by Crippen LogP contribution is -2.28. The highest BCUT2D eigenvalue weighted by molar-refractivity contribution is 5.12. The zero-order chi connectivity index (χ0) is 5.56. The summed E-state index contributed by atoms with van der Waals surface area (Å²) < 4.78 is 0. The molecular weight excluding hydrogens is 100 g/mol. The van der Waals surface area contributed by atoms with Gasteiger partial charge < -0.3 is 0 Å². The lowest BCUT2D eigenvalue weighted by Gasteiger charge is -2.03. The van der Waals surface area contributed by atoms with Gasteiger partial charge in [0.25, 0.3) is 0 Å². The predicted molar refractivity (Wildman–Crippen MR) is 31.1 cm³/mol. The first-order valence-electron chi connectivity index (χ1n) is 2.87. The number of nitrogens with zero attached hydrogens (tertiary/aromatic N) is 1. The molecule has 0 radical (unpaired) electrons. The van der Waals surface area contributed by atoms with E-state index in [0.29, 0.717) is 0 Å². The third kappa shape index (κ3) is 0.405. The van der Waals surface area contributed by atoms with Crippen LogP contribution in [0.1, 0.15) is 0 Å². The van der Waals surface area contributed by atoms with Crippen LogP contribution in [0.3, 0.4) is 0 Å². The van der Waals surface area contributed by atoms with Gasteiger partial charge in [-0.1, -0.05) is 5.92 Å². The van der Waals surface area contributed by atoms with Gasteiger partial charge >= 0.3 is 0 Å². The van der Waals surface area contributed by atoms with Crippen molar-refractivity contribution in [3.63, 3.8) is 0 Å². The quantitative estimate of drug-likeness (QED) is 0.324. The molecule has 0 bridgehead atoms. The summed E-state index contributed by atoms with van der Waals surface area (Å²) in [6, 6.07) is 0.774. The van der Waals surface area contributed by atoms with Crippen molar-refractivity contribution in [2.45, 2.75) is 12.2 Å². The average molecular weight is 108 g/mol. The third-order valence-corrected chi connectivity index (χ3v) is 1.79. The smallest absolute Gasteiger partial charge is 0.124 e. The molecule has 0 amide bonds. The van der Waals surface area contributed by atoms with Gasteiger partial charge in [0, 0.05) is 19.1 Å². The van der Waals surface area contributed by atoms with E-state index in [0.717, 1.165) is 12.6 Å². The summed E-state index contributed by atoms with van der Waals surface area (Å²) in [4.78, 5) is 2.28. The first-order chi connectivity index (χ1) is 3.92. The molecule has 2 heteroatoms. The molecule has 1 unspecified atom stereocenters. The van der Waals surface area contributed by atoms with Gasteiger partial charge in [-0.25, -0.2) is 0 Å². The van der Waals surface area contributed by atoms with Crippen molar-refractivity contribution in [3.8, 4) is 12.3 Å². The molecular formula is C6H8N2. The highest BCUT2D eigenvalue weighted by Crippen LogP contribution is 2.23. The van der Waals surface area contributed by atoms with Gasteiger partial charge in [-0.05, 0) is 0 Å². The molecule has 2 aliphatic heterocycles. The fraction of sp³-hybridized carbons (Fsp3) is 0.667. The van der Waals surface area contributed by atoms with E-state index in [2.05, 4.69) is 16.1 Å². The third-order valence-electron chi connectivity index (χ3n) is 1.79. The number of fused-ring (bicyclic) bond motifs is 1. The van der Waals surface area contributed by atoms with Crippen molar-refractivity contribution in [2.24, 2.45) is 0 Å². The number of hydrogen-bond acceptors (Lipinski definition) is 2. The van der Waals surface area contributed by atoms with Crippen LogP contribution in [0.2, 0.25) is 0 Å². The lowest BCUT2D eigenvalue weighted by atomic mass is 10.5. The summed E-state index contributed by atoms with van der Waals surface area (Å²) in [7, 11) is 0. The lowest BCUT2D eigenvalue weighted by molar-refractivity contribution is 0.477. The topological polar surface area (TPSA) is 15.0 Å². The van der Waals surface area contributed by atoms with Crippen LogP contribution < -0.4 is 5.32 Å². The monoisotopic (exact) mass is 108 g/mol. The van der Waals surface area contributed by atoms with Gasteiger partial charge in [-0.15, -0.1) is 6.42 Å². The Morgan fingerprint density at radius 2 is 2.62 bits per heavy atom. The summed E-state index contributed by atoms with van der Waals surface area (Å²) in [5.41, 5.74) is 0. The Bertz CT molecular complexity index is 147. The summed E-state index contributed by atoms with van der Waals surface area (Å²) in [6.45, 7) is 2.30. The minimum atomic E-state index is 0.250. The second-order valence-corrected chi connectivity index (χ2v) is 2.33.